The second kappa shape index (κ2) is 6.36. The van der Waals surface area contributed by atoms with E-state index in [1.54, 1.807) is 0 Å². The third-order valence-electron chi connectivity index (χ3n) is 3.57. The first-order valence-electron chi connectivity index (χ1n) is 6.65. The molecule has 4 nitrogen and oxygen atoms in total. The summed E-state index contributed by atoms with van der Waals surface area (Å²) < 4.78 is 0. The van der Waals surface area contributed by atoms with Gasteiger partial charge >= 0.3 is 0 Å². The molecule has 1 unspecified atom stereocenters. The fraction of sp³-hybridized carbons (Fsp3) is 0.923. The van der Waals surface area contributed by atoms with Crippen molar-refractivity contribution in [1.29, 1.82) is 0 Å². The van der Waals surface area contributed by atoms with Gasteiger partial charge in [0.1, 0.15) is 0 Å². The van der Waals surface area contributed by atoms with E-state index in [-0.39, 0.29) is 5.91 Å². The molecule has 0 spiro atoms. The van der Waals surface area contributed by atoms with Crippen molar-refractivity contribution in [3.63, 3.8) is 0 Å². The minimum absolute atomic E-state index is 0.0771. The fourth-order valence-electron chi connectivity index (χ4n) is 2.07. The molecule has 4 heteroatoms. The maximum absolute atomic E-state index is 11.9. The first kappa shape index (κ1) is 14.5. The Hall–Kier alpha value is -0.610. The molecule has 0 radical (unpaired) electrons. The van der Waals surface area contributed by atoms with Crippen LogP contribution >= 0.6 is 0 Å². The Labute approximate surface area is 105 Å². The topological polar surface area (TPSA) is 44.4 Å². The minimum Gasteiger partial charge on any atom is -0.354 e. The molecule has 100 valence electrons. The molecule has 0 saturated carbocycles. The maximum atomic E-state index is 11.9. The Bertz CT molecular complexity index is 247. The third kappa shape index (κ3) is 4.64. The standard InChI is InChI=1S/C13H27N3O/c1-11(10-16-7-5-6-8-16)9-15-12(17)13(2,3)14-4/h11,14H,5-10H2,1-4H3,(H,15,17). The second-order valence-corrected chi connectivity index (χ2v) is 5.70. The predicted molar refractivity (Wildman–Crippen MR) is 71.0 cm³/mol. The lowest BCUT2D eigenvalue weighted by molar-refractivity contribution is -0.126. The van der Waals surface area contributed by atoms with E-state index in [1.165, 1.54) is 25.9 Å². The van der Waals surface area contributed by atoms with Crippen molar-refractivity contribution in [2.45, 2.75) is 39.2 Å². The Balaban J connectivity index is 2.23. The van der Waals surface area contributed by atoms with Gasteiger partial charge in [-0.05, 0) is 52.7 Å². The van der Waals surface area contributed by atoms with Crippen LogP contribution in [-0.4, -0.2) is 49.6 Å². The second-order valence-electron chi connectivity index (χ2n) is 5.70. The normalized spacial score (nSPS) is 19.3. The van der Waals surface area contributed by atoms with Gasteiger partial charge in [-0.15, -0.1) is 0 Å². The van der Waals surface area contributed by atoms with Crippen molar-refractivity contribution < 1.29 is 4.79 Å². The summed E-state index contributed by atoms with van der Waals surface area (Å²) in [5.74, 6) is 0.595. The minimum atomic E-state index is -0.479. The molecule has 2 N–H and O–H groups in total. The van der Waals surface area contributed by atoms with E-state index in [0.717, 1.165) is 13.1 Å². The molecule has 17 heavy (non-hydrogen) atoms. The SMILES string of the molecule is CNC(C)(C)C(=O)NCC(C)CN1CCCC1. The average molecular weight is 241 g/mol. The summed E-state index contributed by atoms with van der Waals surface area (Å²) in [5.41, 5.74) is -0.479. The van der Waals surface area contributed by atoms with Gasteiger partial charge in [-0.2, -0.15) is 0 Å². The molecule has 0 aromatic rings. The summed E-state index contributed by atoms with van der Waals surface area (Å²) in [6, 6.07) is 0. The predicted octanol–water partition coefficient (Wildman–Crippen LogP) is 0.833. The van der Waals surface area contributed by atoms with Gasteiger partial charge in [0.05, 0.1) is 5.54 Å². The fourth-order valence-corrected chi connectivity index (χ4v) is 2.07. The van der Waals surface area contributed by atoms with Crippen LogP contribution in [0.3, 0.4) is 0 Å². The molecule has 0 aliphatic carbocycles. The van der Waals surface area contributed by atoms with Crippen LogP contribution in [0.1, 0.15) is 33.6 Å². The maximum Gasteiger partial charge on any atom is 0.239 e. The number of likely N-dealkylation sites (N-methyl/N-ethyl adjacent to an activating group) is 1. The van der Waals surface area contributed by atoms with Crippen LogP contribution in [-0.2, 0) is 4.79 Å². The smallest absolute Gasteiger partial charge is 0.239 e. The lowest BCUT2D eigenvalue weighted by Crippen LogP contribution is -2.52. The first-order chi connectivity index (χ1) is 7.95. The van der Waals surface area contributed by atoms with Crippen molar-refractivity contribution >= 4 is 5.91 Å². The van der Waals surface area contributed by atoms with Gasteiger partial charge in [0.15, 0.2) is 0 Å². The lowest BCUT2D eigenvalue weighted by atomic mass is 10.0. The van der Waals surface area contributed by atoms with Crippen LogP contribution in [0.15, 0.2) is 0 Å². The number of nitrogens with zero attached hydrogens (tertiary/aromatic N) is 1. The molecule has 1 aliphatic rings. The van der Waals surface area contributed by atoms with E-state index in [4.69, 9.17) is 0 Å². The molecule has 0 aromatic carbocycles. The average Bonchev–Trinajstić information content (AvgIpc) is 2.78. The Morgan fingerprint density at radius 1 is 1.35 bits per heavy atom. The molecule has 1 aliphatic heterocycles. The molecule has 1 atom stereocenters. The highest BCUT2D eigenvalue weighted by atomic mass is 16.2. The van der Waals surface area contributed by atoms with Crippen molar-refractivity contribution in [2.24, 2.45) is 5.92 Å². The van der Waals surface area contributed by atoms with Gasteiger partial charge in [0, 0.05) is 13.1 Å². The van der Waals surface area contributed by atoms with Crippen LogP contribution in [0, 0.1) is 5.92 Å². The number of carbonyl (C=O) groups excluding carboxylic acids is 1. The zero-order valence-electron chi connectivity index (χ0n) is 11.7. The van der Waals surface area contributed by atoms with Crippen LogP contribution in [0.25, 0.3) is 0 Å². The monoisotopic (exact) mass is 241 g/mol. The zero-order valence-corrected chi connectivity index (χ0v) is 11.7. The van der Waals surface area contributed by atoms with E-state index < -0.39 is 5.54 Å². The van der Waals surface area contributed by atoms with Crippen molar-refractivity contribution in [3.8, 4) is 0 Å². The molecule has 0 bridgehead atoms. The summed E-state index contributed by atoms with van der Waals surface area (Å²) in [4.78, 5) is 14.3. The van der Waals surface area contributed by atoms with Gasteiger partial charge < -0.3 is 15.5 Å². The van der Waals surface area contributed by atoms with Crippen molar-refractivity contribution in [3.05, 3.63) is 0 Å². The number of hydrogen-bond acceptors (Lipinski definition) is 3. The summed E-state index contributed by atoms with van der Waals surface area (Å²) >= 11 is 0. The zero-order chi connectivity index (χ0) is 12.9. The van der Waals surface area contributed by atoms with Gasteiger partial charge in [-0.25, -0.2) is 0 Å². The van der Waals surface area contributed by atoms with Gasteiger partial charge in [0.2, 0.25) is 5.91 Å². The molecular weight excluding hydrogens is 214 g/mol. The van der Waals surface area contributed by atoms with E-state index in [2.05, 4.69) is 22.5 Å². The molecule has 0 aromatic heterocycles. The number of rotatable bonds is 6. The van der Waals surface area contributed by atoms with E-state index >= 15 is 0 Å². The van der Waals surface area contributed by atoms with E-state index in [9.17, 15) is 4.79 Å². The summed E-state index contributed by atoms with van der Waals surface area (Å²) in [5, 5.41) is 6.03. The largest absolute Gasteiger partial charge is 0.354 e. The van der Waals surface area contributed by atoms with Gasteiger partial charge in [0.25, 0.3) is 0 Å². The molecule has 1 amide bonds. The quantitative estimate of drug-likeness (QED) is 0.724. The highest BCUT2D eigenvalue weighted by molar-refractivity contribution is 5.85. The van der Waals surface area contributed by atoms with Crippen LogP contribution in [0.2, 0.25) is 0 Å². The third-order valence-corrected chi connectivity index (χ3v) is 3.57. The van der Waals surface area contributed by atoms with Crippen LogP contribution in [0.4, 0.5) is 0 Å². The van der Waals surface area contributed by atoms with Gasteiger partial charge in [-0.1, -0.05) is 6.92 Å². The van der Waals surface area contributed by atoms with Crippen molar-refractivity contribution in [1.82, 2.24) is 15.5 Å². The first-order valence-corrected chi connectivity index (χ1v) is 6.65. The van der Waals surface area contributed by atoms with E-state index in [1.807, 2.05) is 20.9 Å². The number of likely N-dealkylation sites (tertiary alicyclic amines) is 1. The molecule has 1 fully saturated rings. The van der Waals surface area contributed by atoms with Crippen LogP contribution < -0.4 is 10.6 Å². The number of hydrogen-bond donors (Lipinski definition) is 2. The van der Waals surface area contributed by atoms with Crippen molar-refractivity contribution in [2.75, 3.05) is 33.2 Å². The Kier molecular flexibility index (Phi) is 5.40. The Morgan fingerprint density at radius 3 is 2.47 bits per heavy atom. The van der Waals surface area contributed by atoms with Crippen LogP contribution in [0.5, 0.6) is 0 Å². The lowest BCUT2D eigenvalue weighted by Gasteiger charge is -2.25. The summed E-state index contributed by atoms with van der Waals surface area (Å²) in [6.45, 7) is 10.3. The molecule has 1 heterocycles. The number of nitrogens with one attached hydrogen (secondary N) is 2. The molecular formula is C13H27N3O. The Morgan fingerprint density at radius 2 is 1.94 bits per heavy atom. The highest BCUT2D eigenvalue weighted by Crippen LogP contribution is 2.10. The number of carbonyl (C=O) groups is 1. The molecule has 1 saturated heterocycles. The summed E-state index contributed by atoms with van der Waals surface area (Å²) in [6.07, 6.45) is 2.65. The number of amides is 1. The summed E-state index contributed by atoms with van der Waals surface area (Å²) in [7, 11) is 1.81. The molecule has 1 rings (SSSR count). The highest BCUT2D eigenvalue weighted by Gasteiger charge is 2.25. The van der Waals surface area contributed by atoms with E-state index in [0.29, 0.717) is 5.92 Å². The van der Waals surface area contributed by atoms with Gasteiger partial charge in [-0.3, -0.25) is 4.79 Å².